The summed E-state index contributed by atoms with van der Waals surface area (Å²) >= 11 is 0. The van der Waals surface area contributed by atoms with Crippen LogP contribution in [0.5, 0.6) is 0 Å². The molecular formula is C18H24O3. The molecule has 1 unspecified atom stereocenters. The normalized spacial score (nSPS) is 26.7. The lowest BCUT2D eigenvalue weighted by molar-refractivity contribution is -0.134. The predicted octanol–water partition coefficient (Wildman–Crippen LogP) is 3.78. The Morgan fingerprint density at radius 3 is 2.81 bits per heavy atom. The zero-order chi connectivity index (χ0) is 16.0. The third kappa shape index (κ3) is 4.55. The summed E-state index contributed by atoms with van der Waals surface area (Å²) in [5.41, 5.74) is 1.73. The lowest BCUT2D eigenvalue weighted by atomic mass is 9.65. The first-order valence-corrected chi connectivity index (χ1v) is 7.09. The molecule has 3 nitrogen and oxygen atoms in total. The fourth-order valence-corrected chi connectivity index (χ4v) is 2.91. The van der Waals surface area contributed by atoms with Crippen LogP contribution in [0.1, 0.15) is 33.6 Å². The number of hydrogen-bond donors (Lipinski definition) is 0. The molecule has 0 saturated heterocycles. The molecule has 0 saturated carbocycles. The van der Waals surface area contributed by atoms with Gasteiger partial charge in [0, 0.05) is 18.4 Å². The Labute approximate surface area is 127 Å². The molecule has 0 aromatic carbocycles. The van der Waals surface area contributed by atoms with Gasteiger partial charge in [-0.1, -0.05) is 30.7 Å². The maximum atomic E-state index is 11.8. The minimum Gasteiger partial charge on any atom is -0.466 e. The third-order valence-corrected chi connectivity index (χ3v) is 3.92. The Bertz CT molecular complexity index is 523. The molecule has 0 aromatic heterocycles. The van der Waals surface area contributed by atoms with Crippen LogP contribution in [0.3, 0.4) is 0 Å². The van der Waals surface area contributed by atoms with E-state index in [0.29, 0.717) is 6.42 Å². The van der Waals surface area contributed by atoms with E-state index in [1.165, 1.54) is 13.2 Å². The molecular weight excluding hydrogens is 264 g/mol. The summed E-state index contributed by atoms with van der Waals surface area (Å²) < 4.78 is 4.61. The molecule has 0 bridgehead atoms. The second-order valence-electron chi connectivity index (χ2n) is 5.93. The zero-order valence-corrected chi connectivity index (χ0v) is 13.3. The van der Waals surface area contributed by atoms with Gasteiger partial charge in [0.05, 0.1) is 7.11 Å². The van der Waals surface area contributed by atoms with Crippen molar-refractivity contribution >= 4 is 11.8 Å². The number of hydrogen-bond acceptors (Lipinski definition) is 3. The van der Waals surface area contributed by atoms with Gasteiger partial charge < -0.3 is 4.74 Å². The third-order valence-electron chi connectivity index (χ3n) is 3.92. The smallest absolute Gasteiger partial charge is 0.330 e. The molecule has 0 amide bonds. The molecule has 0 fully saturated rings. The predicted molar refractivity (Wildman–Crippen MR) is 84.7 cm³/mol. The second-order valence-corrected chi connectivity index (χ2v) is 5.93. The van der Waals surface area contributed by atoms with E-state index in [1.54, 1.807) is 6.08 Å². The highest BCUT2D eigenvalue weighted by atomic mass is 16.5. The SMILES string of the molecule is C=CC[C@]1(C)CC(=O)C=C(C)C1/C=C/C(C)=C\C(=O)OC. The highest BCUT2D eigenvalue weighted by Gasteiger charge is 2.37. The molecule has 0 heterocycles. The van der Waals surface area contributed by atoms with E-state index >= 15 is 0 Å². The molecule has 0 radical (unpaired) electrons. The van der Waals surface area contributed by atoms with Crippen molar-refractivity contribution in [2.45, 2.75) is 33.6 Å². The van der Waals surface area contributed by atoms with Crippen LogP contribution in [0, 0.1) is 11.3 Å². The Kier molecular flexibility index (Phi) is 5.89. The Morgan fingerprint density at radius 1 is 1.57 bits per heavy atom. The van der Waals surface area contributed by atoms with Crippen LogP contribution in [0.15, 0.2) is 48.1 Å². The number of carbonyl (C=O) groups is 2. The molecule has 0 aliphatic heterocycles. The van der Waals surface area contributed by atoms with Crippen molar-refractivity contribution in [2.24, 2.45) is 11.3 Å². The molecule has 1 aliphatic rings. The lowest BCUT2D eigenvalue weighted by Crippen LogP contribution is -2.33. The van der Waals surface area contributed by atoms with E-state index in [1.807, 2.05) is 26.0 Å². The Morgan fingerprint density at radius 2 is 2.24 bits per heavy atom. The summed E-state index contributed by atoms with van der Waals surface area (Å²) in [6.45, 7) is 9.74. The van der Waals surface area contributed by atoms with E-state index in [9.17, 15) is 9.59 Å². The quantitative estimate of drug-likeness (QED) is 0.335. The van der Waals surface area contributed by atoms with Crippen LogP contribution in [0.2, 0.25) is 0 Å². The van der Waals surface area contributed by atoms with E-state index in [0.717, 1.165) is 17.6 Å². The number of rotatable bonds is 5. The van der Waals surface area contributed by atoms with Crippen molar-refractivity contribution in [3.05, 3.63) is 48.1 Å². The zero-order valence-electron chi connectivity index (χ0n) is 13.3. The van der Waals surface area contributed by atoms with Gasteiger partial charge in [0.1, 0.15) is 0 Å². The summed E-state index contributed by atoms with van der Waals surface area (Å²) in [6.07, 6.45) is 10.3. The van der Waals surface area contributed by atoms with E-state index in [2.05, 4.69) is 24.3 Å². The maximum Gasteiger partial charge on any atom is 0.330 e. The first-order valence-electron chi connectivity index (χ1n) is 7.09. The standard InChI is InChI=1S/C18H24O3/c1-6-9-18(4)12-15(19)11-14(3)16(18)8-7-13(2)10-17(20)21-5/h6-8,10-11,16H,1,9,12H2,2-5H3/b8-7+,13-10-/t16?,18-/m1/s1. The minimum absolute atomic E-state index is 0.153. The topological polar surface area (TPSA) is 43.4 Å². The second kappa shape index (κ2) is 7.21. The fraction of sp³-hybridized carbons (Fsp3) is 0.444. The first-order chi connectivity index (χ1) is 9.82. The molecule has 1 aliphatic carbocycles. The summed E-state index contributed by atoms with van der Waals surface area (Å²) in [5.74, 6) is -0.0328. The van der Waals surface area contributed by atoms with Gasteiger partial charge in [0.25, 0.3) is 0 Å². The van der Waals surface area contributed by atoms with E-state index in [4.69, 9.17) is 0 Å². The lowest BCUT2D eigenvalue weighted by Gasteiger charge is -2.38. The largest absolute Gasteiger partial charge is 0.466 e. The number of esters is 1. The van der Waals surface area contributed by atoms with E-state index in [-0.39, 0.29) is 23.1 Å². The average Bonchev–Trinajstić information content (AvgIpc) is 2.37. The number of ketones is 1. The minimum atomic E-state index is -0.364. The summed E-state index contributed by atoms with van der Waals surface area (Å²) in [4.78, 5) is 23.0. The van der Waals surface area contributed by atoms with E-state index < -0.39 is 0 Å². The van der Waals surface area contributed by atoms with Gasteiger partial charge in [-0.05, 0) is 37.3 Å². The number of carbonyl (C=O) groups excluding carboxylic acids is 2. The van der Waals surface area contributed by atoms with Gasteiger partial charge in [0.2, 0.25) is 0 Å². The van der Waals surface area contributed by atoms with Crippen LogP contribution in [0.25, 0.3) is 0 Å². The molecule has 21 heavy (non-hydrogen) atoms. The number of ether oxygens (including phenoxy) is 1. The molecule has 0 aromatic rings. The van der Waals surface area contributed by atoms with Crippen LogP contribution in [-0.4, -0.2) is 18.9 Å². The molecule has 0 spiro atoms. The van der Waals surface area contributed by atoms with Gasteiger partial charge in [-0.25, -0.2) is 4.79 Å². The molecule has 114 valence electrons. The van der Waals surface area contributed by atoms with Crippen molar-refractivity contribution in [1.82, 2.24) is 0 Å². The molecule has 3 heteroatoms. The molecule has 0 N–H and O–H groups in total. The highest BCUT2D eigenvalue weighted by Crippen LogP contribution is 2.43. The number of methoxy groups -OCH3 is 1. The van der Waals surface area contributed by atoms with Crippen molar-refractivity contribution in [3.8, 4) is 0 Å². The first kappa shape index (κ1) is 17.2. The monoisotopic (exact) mass is 288 g/mol. The summed E-state index contributed by atoms with van der Waals surface area (Å²) in [6, 6.07) is 0. The van der Waals surface area contributed by atoms with Crippen LogP contribution in [0.4, 0.5) is 0 Å². The van der Waals surface area contributed by atoms with Crippen LogP contribution >= 0.6 is 0 Å². The van der Waals surface area contributed by atoms with Crippen molar-refractivity contribution in [1.29, 1.82) is 0 Å². The average molecular weight is 288 g/mol. The molecule has 1 rings (SSSR count). The Balaban J connectivity index is 3.03. The van der Waals surface area contributed by atoms with Crippen molar-refractivity contribution < 1.29 is 14.3 Å². The van der Waals surface area contributed by atoms with Gasteiger partial charge in [-0.3, -0.25) is 4.79 Å². The maximum absolute atomic E-state index is 11.8. The van der Waals surface area contributed by atoms with Crippen LogP contribution in [-0.2, 0) is 14.3 Å². The van der Waals surface area contributed by atoms with Crippen molar-refractivity contribution in [3.63, 3.8) is 0 Å². The van der Waals surface area contributed by atoms with Gasteiger partial charge >= 0.3 is 5.97 Å². The number of allylic oxidation sites excluding steroid dienone is 6. The molecule has 2 atom stereocenters. The van der Waals surface area contributed by atoms with Crippen LogP contribution < -0.4 is 0 Å². The highest BCUT2D eigenvalue weighted by molar-refractivity contribution is 5.92. The van der Waals surface area contributed by atoms with Gasteiger partial charge in [0.15, 0.2) is 5.78 Å². The van der Waals surface area contributed by atoms with Gasteiger partial charge in [-0.15, -0.1) is 6.58 Å². The summed E-state index contributed by atoms with van der Waals surface area (Å²) in [5, 5.41) is 0. The summed E-state index contributed by atoms with van der Waals surface area (Å²) in [7, 11) is 1.36. The Hall–Kier alpha value is -1.90. The van der Waals surface area contributed by atoms with Crippen molar-refractivity contribution in [2.75, 3.05) is 7.11 Å². The fourth-order valence-electron chi connectivity index (χ4n) is 2.91. The van der Waals surface area contributed by atoms with Gasteiger partial charge in [-0.2, -0.15) is 0 Å².